The third-order valence-corrected chi connectivity index (χ3v) is 5.11. The minimum atomic E-state index is -0.673. The fourth-order valence-corrected chi connectivity index (χ4v) is 3.59. The van der Waals surface area contributed by atoms with Gasteiger partial charge in [0.15, 0.2) is 0 Å². The Morgan fingerprint density at radius 2 is 2.19 bits per heavy atom. The average molecular weight is 289 g/mol. The van der Waals surface area contributed by atoms with Gasteiger partial charge in [-0.3, -0.25) is 9.69 Å². The van der Waals surface area contributed by atoms with Crippen LogP contribution in [0.15, 0.2) is 18.2 Å². The number of methoxy groups -OCH3 is 1. The van der Waals surface area contributed by atoms with Crippen molar-refractivity contribution >= 4 is 5.97 Å². The van der Waals surface area contributed by atoms with E-state index < -0.39 is 5.97 Å². The second-order valence-corrected chi connectivity index (χ2v) is 6.31. The van der Waals surface area contributed by atoms with Crippen LogP contribution in [0, 0.1) is 11.8 Å². The highest BCUT2D eigenvalue weighted by molar-refractivity contribution is 5.70. The molecule has 1 heterocycles. The molecule has 3 rings (SSSR count). The van der Waals surface area contributed by atoms with Crippen LogP contribution in [0.25, 0.3) is 0 Å². The van der Waals surface area contributed by atoms with Crippen molar-refractivity contribution in [2.45, 2.75) is 32.2 Å². The molecule has 0 radical (unpaired) electrons. The lowest BCUT2D eigenvalue weighted by atomic mass is 9.80. The van der Waals surface area contributed by atoms with Crippen molar-refractivity contribution in [3.8, 4) is 5.75 Å². The van der Waals surface area contributed by atoms with Crippen LogP contribution in [0.2, 0.25) is 0 Å². The van der Waals surface area contributed by atoms with Gasteiger partial charge in [0.25, 0.3) is 0 Å². The lowest BCUT2D eigenvalue weighted by Gasteiger charge is -2.47. The van der Waals surface area contributed by atoms with Crippen LogP contribution < -0.4 is 4.74 Å². The number of aryl methyl sites for hydroxylation is 1. The van der Waals surface area contributed by atoms with Crippen LogP contribution in [0.1, 0.15) is 36.9 Å². The van der Waals surface area contributed by atoms with Gasteiger partial charge in [-0.25, -0.2) is 0 Å². The third-order valence-electron chi connectivity index (χ3n) is 5.11. The van der Waals surface area contributed by atoms with E-state index in [1.807, 2.05) is 13.0 Å². The number of benzene rings is 1. The Hall–Kier alpha value is -1.55. The van der Waals surface area contributed by atoms with Crippen molar-refractivity contribution in [2.24, 2.45) is 11.8 Å². The maximum absolute atomic E-state index is 11.1. The minimum Gasteiger partial charge on any atom is -0.497 e. The molecule has 1 aliphatic heterocycles. The van der Waals surface area contributed by atoms with Crippen LogP contribution in [0.5, 0.6) is 5.75 Å². The predicted molar refractivity (Wildman–Crippen MR) is 80.5 cm³/mol. The molecule has 0 amide bonds. The van der Waals surface area contributed by atoms with Crippen LogP contribution in [-0.4, -0.2) is 36.2 Å². The normalized spacial score (nSPS) is 24.0. The number of carboxylic acids is 1. The fraction of sp³-hybridized carbons (Fsp3) is 0.588. The number of likely N-dealkylation sites (tertiary alicyclic amines) is 1. The van der Waals surface area contributed by atoms with Gasteiger partial charge in [0.1, 0.15) is 5.75 Å². The summed E-state index contributed by atoms with van der Waals surface area (Å²) in [4.78, 5) is 13.5. The molecular formula is C17H23NO3. The Labute approximate surface area is 125 Å². The summed E-state index contributed by atoms with van der Waals surface area (Å²) in [5.41, 5.74) is 2.80. The lowest BCUT2D eigenvalue weighted by molar-refractivity contribution is -0.146. The van der Waals surface area contributed by atoms with E-state index >= 15 is 0 Å². The fourth-order valence-electron chi connectivity index (χ4n) is 3.59. The van der Waals surface area contributed by atoms with E-state index in [2.05, 4.69) is 17.0 Å². The molecule has 4 nitrogen and oxygen atoms in total. The standard InChI is InChI=1S/C17H23NO3/c1-11(17(19)20)13-9-18(10-13)16-5-3-4-12-8-14(21-2)6-7-15(12)16/h6-8,11,13,16H,3-5,9-10H2,1-2H3,(H,19,20). The second kappa shape index (κ2) is 5.68. The molecule has 21 heavy (non-hydrogen) atoms. The summed E-state index contributed by atoms with van der Waals surface area (Å²) in [6.07, 6.45) is 3.49. The molecular weight excluding hydrogens is 266 g/mol. The molecule has 0 aromatic heterocycles. The third kappa shape index (κ3) is 2.64. The SMILES string of the molecule is COc1ccc2c(c1)CCCC2N1CC(C(C)C(=O)O)C1. The summed E-state index contributed by atoms with van der Waals surface area (Å²) < 4.78 is 5.31. The quantitative estimate of drug-likeness (QED) is 0.926. The Balaban J connectivity index is 1.71. The predicted octanol–water partition coefficient (Wildman–Crippen LogP) is 2.73. The summed E-state index contributed by atoms with van der Waals surface area (Å²) >= 11 is 0. The van der Waals surface area contributed by atoms with Crippen LogP contribution in [0.3, 0.4) is 0 Å². The maximum atomic E-state index is 11.1. The number of hydrogen-bond donors (Lipinski definition) is 1. The maximum Gasteiger partial charge on any atom is 0.306 e. The first-order valence-electron chi connectivity index (χ1n) is 7.74. The van der Waals surface area contributed by atoms with Gasteiger partial charge in [-0.1, -0.05) is 13.0 Å². The van der Waals surface area contributed by atoms with Gasteiger partial charge in [-0.2, -0.15) is 0 Å². The Morgan fingerprint density at radius 1 is 1.43 bits per heavy atom. The topological polar surface area (TPSA) is 49.8 Å². The van der Waals surface area contributed by atoms with E-state index in [-0.39, 0.29) is 5.92 Å². The smallest absolute Gasteiger partial charge is 0.306 e. The summed E-state index contributed by atoms with van der Waals surface area (Å²) in [5.74, 6) is 0.315. The van der Waals surface area contributed by atoms with E-state index in [0.29, 0.717) is 12.0 Å². The van der Waals surface area contributed by atoms with Crippen LogP contribution in [-0.2, 0) is 11.2 Å². The Kier molecular flexibility index (Phi) is 3.89. The Bertz CT molecular complexity index is 537. The molecule has 1 fully saturated rings. The highest BCUT2D eigenvalue weighted by atomic mass is 16.5. The van der Waals surface area contributed by atoms with Crippen molar-refractivity contribution in [2.75, 3.05) is 20.2 Å². The molecule has 4 heteroatoms. The molecule has 1 N–H and O–H groups in total. The number of aliphatic carboxylic acids is 1. The zero-order chi connectivity index (χ0) is 15.0. The average Bonchev–Trinajstić information content (AvgIpc) is 2.45. The van der Waals surface area contributed by atoms with E-state index in [1.165, 1.54) is 24.0 Å². The molecule has 2 unspecified atom stereocenters. The number of carboxylic acid groups (broad SMARTS) is 1. The minimum absolute atomic E-state index is 0.236. The number of ether oxygens (including phenoxy) is 1. The number of nitrogens with zero attached hydrogens (tertiary/aromatic N) is 1. The molecule has 1 aromatic rings. The van der Waals surface area contributed by atoms with E-state index in [0.717, 1.165) is 25.3 Å². The van der Waals surface area contributed by atoms with E-state index in [9.17, 15) is 4.79 Å². The van der Waals surface area contributed by atoms with Gasteiger partial charge >= 0.3 is 5.97 Å². The van der Waals surface area contributed by atoms with Gasteiger partial charge in [-0.05, 0) is 48.4 Å². The number of fused-ring (bicyclic) bond motifs is 1. The second-order valence-electron chi connectivity index (χ2n) is 6.31. The van der Waals surface area contributed by atoms with Crippen LogP contribution in [0.4, 0.5) is 0 Å². The van der Waals surface area contributed by atoms with Crippen LogP contribution >= 0.6 is 0 Å². The highest BCUT2D eigenvalue weighted by Gasteiger charge is 2.39. The largest absolute Gasteiger partial charge is 0.497 e. The Morgan fingerprint density at radius 3 is 2.86 bits per heavy atom. The van der Waals surface area contributed by atoms with Gasteiger partial charge < -0.3 is 9.84 Å². The molecule has 2 aliphatic rings. The van der Waals surface area contributed by atoms with Gasteiger partial charge in [0, 0.05) is 19.1 Å². The summed E-state index contributed by atoms with van der Waals surface area (Å²) in [6, 6.07) is 6.83. The number of hydrogen-bond acceptors (Lipinski definition) is 3. The zero-order valence-electron chi connectivity index (χ0n) is 12.7. The highest BCUT2D eigenvalue weighted by Crippen LogP contribution is 2.40. The lowest BCUT2D eigenvalue weighted by Crippen LogP contribution is -2.52. The summed E-state index contributed by atoms with van der Waals surface area (Å²) in [7, 11) is 1.70. The monoisotopic (exact) mass is 289 g/mol. The van der Waals surface area contributed by atoms with Crippen molar-refractivity contribution in [3.05, 3.63) is 29.3 Å². The van der Waals surface area contributed by atoms with Gasteiger partial charge in [-0.15, -0.1) is 0 Å². The first-order chi connectivity index (χ1) is 10.1. The van der Waals surface area contributed by atoms with Crippen molar-refractivity contribution in [3.63, 3.8) is 0 Å². The summed E-state index contributed by atoms with van der Waals surface area (Å²) in [6.45, 7) is 3.64. The molecule has 114 valence electrons. The van der Waals surface area contributed by atoms with E-state index in [4.69, 9.17) is 9.84 Å². The van der Waals surface area contributed by atoms with Crippen molar-refractivity contribution < 1.29 is 14.6 Å². The molecule has 0 saturated carbocycles. The van der Waals surface area contributed by atoms with Crippen molar-refractivity contribution in [1.29, 1.82) is 0 Å². The molecule has 1 aromatic carbocycles. The van der Waals surface area contributed by atoms with Gasteiger partial charge in [0.2, 0.25) is 0 Å². The first-order valence-corrected chi connectivity index (χ1v) is 7.74. The molecule has 2 atom stereocenters. The van der Waals surface area contributed by atoms with Crippen molar-refractivity contribution in [1.82, 2.24) is 4.90 Å². The van der Waals surface area contributed by atoms with E-state index in [1.54, 1.807) is 7.11 Å². The number of rotatable bonds is 4. The summed E-state index contributed by atoms with van der Waals surface area (Å²) in [5, 5.41) is 9.10. The molecule has 0 bridgehead atoms. The first kappa shape index (κ1) is 14.4. The molecule has 1 saturated heterocycles. The zero-order valence-corrected chi connectivity index (χ0v) is 12.7. The molecule has 0 spiro atoms. The number of carbonyl (C=O) groups is 1. The van der Waals surface area contributed by atoms with Gasteiger partial charge in [0.05, 0.1) is 13.0 Å². The molecule has 1 aliphatic carbocycles.